The van der Waals surface area contributed by atoms with Crippen molar-refractivity contribution in [1.82, 2.24) is 9.71 Å². The number of carbonyl (C=O) groups is 1. The summed E-state index contributed by atoms with van der Waals surface area (Å²) in [4.78, 5) is 19.4. The fourth-order valence-electron chi connectivity index (χ4n) is 3.48. The van der Waals surface area contributed by atoms with E-state index in [9.17, 15) is 13.2 Å². The van der Waals surface area contributed by atoms with E-state index in [1.807, 2.05) is 41.1 Å². The third-order valence-electron chi connectivity index (χ3n) is 4.87. The van der Waals surface area contributed by atoms with E-state index in [4.69, 9.17) is 0 Å². The Labute approximate surface area is 183 Å². The molecule has 1 aliphatic heterocycles. The van der Waals surface area contributed by atoms with Gasteiger partial charge in [-0.1, -0.05) is 12.1 Å². The van der Waals surface area contributed by atoms with Gasteiger partial charge in [0.25, 0.3) is 5.91 Å². The molecule has 0 spiro atoms. The fourth-order valence-corrected chi connectivity index (χ4v) is 5.83. The maximum absolute atomic E-state index is 12.8. The summed E-state index contributed by atoms with van der Waals surface area (Å²) in [7, 11) is -3.21. The van der Waals surface area contributed by atoms with Gasteiger partial charge in [-0.3, -0.25) is 4.79 Å². The van der Waals surface area contributed by atoms with Gasteiger partial charge < -0.3 is 10.2 Å². The highest BCUT2D eigenvalue weighted by Crippen LogP contribution is 2.30. The topological polar surface area (TPSA) is 91.4 Å². The van der Waals surface area contributed by atoms with Crippen molar-refractivity contribution in [3.63, 3.8) is 0 Å². The zero-order valence-electron chi connectivity index (χ0n) is 16.4. The van der Waals surface area contributed by atoms with Crippen LogP contribution in [-0.2, 0) is 10.0 Å². The third kappa shape index (κ3) is 5.07. The number of nitrogens with zero attached hydrogens (tertiary/aromatic N) is 2. The van der Waals surface area contributed by atoms with Crippen molar-refractivity contribution in [3.8, 4) is 10.6 Å². The van der Waals surface area contributed by atoms with Gasteiger partial charge >= 0.3 is 0 Å². The Morgan fingerprint density at radius 2 is 1.93 bits per heavy atom. The molecule has 1 saturated heterocycles. The molecule has 3 heterocycles. The van der Waals surface area contributed by atoms with E-state index in [1.54, 1.807) is 16.7 Å². The molecule has 3 aromatic rings. The van der Waals surface area contributed by atoms with E-state index in [2.05, 4.69) is 19.9 Å². The minimum atomic E-state index is -3.21. The van der Waals surface area contributed by atoms with Gasteiger partial charge in [-0.25, -0.2) is 18.1 Å². The first-order valence-electron chi connectivity index (χ1n) is 9.50. The molecule has 7 nitrogen and oxygen atoms in total. The smallest absolute Gasteiger partial charge is 0.275 e. The van der Waals surface area contributed by atoms with Crippen LogP contribution in [0.25, 0.3) is 10.6 Å². The molecule has 1 aromatic carbocycles. The largest absolute Gasteiger partial charge is 0.370 e. The Hall–Kier alpha value is -2.27. The number of hydrogen-bond donors (Lipinski definition) is 2. The molecule has 30 heavy (non-hydrogen) atoms. The van der Waals surface area contributed by atoms with Crippen LogP contribution in [0.3, 0.4) is 0 Å². The second-order valence-electron chi connectivity index (χ2n) is 7.17. The minimum absolute atomic E-state index is 0.0523. The lowest BCUT2D eigenvalue weighted by molar-refractivity contribution is 0.102. The highest BCUT2D eigenvalue weighted by Gasteiger charge is 2.23. The summed E-state index contributed by atoms with van der Waals surface area (Å²) in [5.41, 5.74) is 3.07. The van der Waals surface area contributed by atoms with Crippen LogP contribution in [-0.4, -0.2) is 44.7 Å². The SMILES string of the molecule is CS(=O)(=O)NC1CCN(c2ccccc2NC(=O)c2csc(-c3ccsc3)n2)CC1. The molecule has 0 atom stereocenters. The van der Waals surface area contributed by atoms with Crippen molar-refractivity contribution in [2.45, 2.75) is 18.9 Å². The quantitative estimate of drug-likeness (QED) is 0.584. The number of anilines is 2. The standard InChI is InChI=1S/C20H22N4O3S3/c1-30(26,27)23-15-6-9-24(10-7-15)18-5-3-2-4-16(18)21-19(25)17-13-29-20(22-17)14-8-11-28-12-14/h2-5,8,11-13,15,23H,6-7,9-10H2,1H3,(H,21,25). The number of nitrogens with one attached hydrogen (secondary N) is 2. The summed E-state index contributed by atoms with van der Waals surface area (Å²) in [6.07, 6.45) is 2.61. The first-order chi connectivity index (χ1) is 14.4. The van der Waals surface area contributed by atoms with Crippen molar-refractivity contribution >= 4 is 50.0 Å². The van der Waals surface area contributed by atoms with Gasteiger partial charge in [0.1, 0.15) is 10.7 Å². The molecular formula is C20H22N4O3S3. The summed E-state index contributed by atoms with van der Waals surface area (Å²) in [6, 6.07) is 9.60. The van der Waals surface area contributed by atoms with Gasteiger partial charge in [0, 0.05) is 35.5 Å². The molecular weight excluding hydrogens is 440 g/mol. The predicted molar refractivity (Wildman–Crippen MR) is 123 cm³/mol. The molecule has 2 aromatic heterocycles. The van der Waals surface area contributed by atoms with E-state index in [1.165, 1.54) is 17.6 Å². The zero-order chi connectivity index (χ0) is 21.1. The maximum Gasteiger partial charge on any atom is 0.275 e. The number of thiophene rings is 1. The monoisotopic (exact) mass is 462 g/mol. The number of piperidine rings is 1. The van der Waals surface area contributed by atoms with Crippen LogP contribution in [0, 0.1) is 0 Å². The Balaban J connectivity index is 1.44. The number of benzene rings is 1. The van der Waals surface area contributed by atoms with Gasteiger partial charge in [-0.05, 0) is 36.4 Å². The summed E-state index contributed by atoms with van der Waals surface area (Å²) in [5.74, 6) is -0.242. The Bertz CT molecular complexity index is 1120. The lowest BCUT2D eigenvalue weighted by Gasteiger charge is -2.34. The number of hydrogen-bond acceptors (Lipinski definition) is 7. The molecule has 0 bridgehead atoms. The molecule has 4 rings (SSSR count). The molecule has 2 N–H and O–H groups in total. The molecule has 1 aliphatic rings. The highest BCUT2D eigenvalue weighted by atomic mass is 32.2. The van der Waals surface area contributed by atoms with Crippen LogP contribution in [0.4, 0.5) is 11.4 Å². The van der Waals surface area contributed by atoms with Crippen LogP contribution in [0.1, 0.15) is 23.3 Å². The highest BCUT2D eigenvalue weighted by molar-refractivity contribution is 7.88. The second-order valence-corrected chi connectivity index (χ2v) is 10.6. The van der Waals surface area contributed by atoms with Crippen molar-refractivity contribution in [3.05, 3.63) is 52.2 Å². The first-order valence-corrected chi connectivity index (χ1v) is 13.2. The molecule has 1 amide bonds. The van der Waals surface area contributed by atoms with Crippen molar-refractivity contribution in [2.75, 3.05) is 29.6 Å². The molecule has 0 radical (unpaired) electrons. The van der Waals surface area contributed by atoms with Gasteiger partial charge in [-0.2, -0.15) is 11.3 Å². The van der Waals surface area contributed by atoms with Crippen LogP contribution >= 0.6 is 22.7 Å². The van der Waals surface area contributed by atoms with Crippen molar-refractivity contribution in [2.24, 2.45) is 0 Å². The summed E-state index contributed by atoms with van der Waals surface area (Å²) < 4.78 is 25.6. The number of para-hydroxylation sites is 2. The summed E-state index contributed by atoms with van der Waals surface area (Å²) in [5, 5.41) is 9.59. The van der Waals surface area contributed by atoms with E-state index in [0.717, 1.165) is 21.9 Å². The number of rotatable bonds is 6. The molecule has 0 aliphatic carbocycles. The predicted octanol–water partition coefficient (Wildman–Crippen LogP) is 3.64. The maximum atomic E-state index is 12.8. The van der Waals surface area contributed by atoms with Gasteiger partial charge in [0.05, 0.1) is 17.6 Å². The lowest BCUT2D eigenvalue weighted by atomic mass is 10.0. The first kappa shape index (κ1) is 21.0. The number of aromatic nitrogens is 1. The Morgan fingerprint density at radius 1 is 1.17 bits per heavy atom. The van der Waals surface area contributed by atoms with Crippen molar-refractivity contribution in [1.29, 1.82) is 0 Å². The number of carbonyl (C=O) groups excluding carboxylic acids is 1. The second kappa shape index (κ2) is 8.84. The number of amides is 1. The molecule has 0 unspecified atom stereocenters. The lowest BCUT2D eigenvalue weighted by Crippen LogP contribution is -2.44. The molecule has 1 fully saturated rings. The Kier molecular flexibility index (Phi) is 6.19. The Morgan fingerprint density at radius 3 is 2.63 bits per heavy atom. The van der Waals surface area contributed by atoms with Crippen LogP contribution < -0.4 is 14.9 Å². The normalized spacial score (nSPS) is 15.3. The van der Waals surface area contributed by atoms with Crippen LogP contribution in [0.2, 0.25) is 0 Å². The fraction of sp³-hybridized carbons (Fsp3) is 0.300. The average molecular weight is 463 g/mol. The van der Waals surface area contributed by atoms with Gasteiger partial charge in [0.15, 0.2) is 0 Å². The minimum Gasteiger partial charge on any atom is -0.370 e. The van der Waals surface area contributed by atoms with Crippen molar-refractivity contribution < 1.29 is 13.2 Å². The molecule has 10 heteroatoms. The van der Waals surface area contributed by atoms with E-state index < -0.39 is 10.0 Å². The van der Waals surface area contributed by atoms with E-state index in [0.29, 0.717) is 31.6 Å². The van der Waals surface area contributed by atoms with E-state index in [-0.39, 0.29) is 11.9 Å². The number of sulfonamides is 1. The average Bonchev–Trinajstić information content (AvgIpc) is 3.40. The van der Waals surface area contributed by atoms with Crippen LogP contribution in [0.5, 0.6) is 0 Å². The number of thiazole rings is 1. The van der Waals surface area contributed by atoms with E-state index >= 15 is 0 Å². The van der Waals surface area contributed by atoms with Gasteiger partial charge in [-0.15, -0.1) is 11.3 Å². The molecule has 0 saturated carbocycles. The third-order valence-corrected chi connectivity index (χ3v) is 7.21. The zero-order valence-corrected chi connectivity index (χ0v) is 18.8. The summed E-state index contributed by atoms with van der Waals surface area (Å²) >= 11 is 3.05. The molecule has 158 valence electrons. The van der Waals surface area contributed by atoms with Gasteiger partial charge in [0.2, 0.25) is 10.0 Å². The van der Waals surface area contributed by atoms with Crippen LogP contribution in [0.15, 0.2) is 46.5 Å². The summed E-state index contributed by atoms with van der Waals surface area (Å²) in [6.45, 7) is 1.41.